The van der Waals surface area contributed by atoms with E-state index in [1.807, 2.05) is 72.1 Å². The molecule has 0 aliphatic heterocycles. The average molecular weight is 565 g/mol. The van der Waals surface area contributed by atoms with Gasteiger partial charge in [0.1, 0.15) is 30.1 Å². The van der Waals surface area contributed by atoms with Crippen molar-refractivity contribution >= 4 is 27.5 Å². The summed E-state index contributed by atoms with van der Waals surface area (Å²) in [5.41, 5.74) is 4.38. The van der Waals surface area contributed by atoms with Gasteiger partial charge in [0.15, 0.2) is 0 Å². The third-order valence-electron chi connectivity index (χ3n) is 6.29. The van der Waals surface area contributed by atoms with Gasteiger partial charge in [0.05, 0.1) is 5.39 Å². The average Bonchev–Trinajstić information content (AvgIpc) is 3.70. The molecule has 0 unspecified atom stereocenters. The van der Waals surface area contributed by atoms with Crippen LogP contribution in [-0.2, 0) is 6.54 Å². The van der Waals surface area contributed by atoms with Gasteiger partial charge >= 0.3 is 6.01 Å². The van der Waals surface area contributed by atoms with E-state index in [2.05, 4.69) is 42.6 Å². The lowest BCUT2D eigenvalue weighted by atomic mass is 10.0. The molecule has 0 aliphatic rings. The van der Waals surface area contributed by atoms with Crippen molar-refractivity contribution in [2.75, 3.05) is 13.2 Å². The molecular formula is C30H24N6O4S. The largest absolute Gasteiger partial charge is 0.490 e. The van der Waals surface area contributed by atoms with Gasteiger partial charge in [-0.05, 0) is 34.4 Å². The Morgan fingerprint density at radius 2 is 1.68 bits per heavy atom. The number of nitrogens with zero attached hydrogens (tertiary/aromatic N) is 3. The summed E-state index contributed by atoms with van der Waals surface area (Å²) in [4.78, 5) is 37.4. The fourth-order valence-electron chi connectivity index (χ4n) is 4.31. The van der Waals surface area contributed by atoms with Crippen LogP contribution in [-0.4, -0.2) is 44.3 Å². The summed E-state index contributed by atoms with van der Waals surface area (Å²) in [7, 11) is 0. The smallest absolute Gasteiger partial charge is 0.335 e. The van der Waals surface area contributed by atoms with Gasteiger partial charge in [-0.1, -0.05) is 66.7 Å². The highest BCUT2D eigenvalue weighted by Crippen LogP contribution is 2.32. The molecule has 0 radical (unpaired) electrons. The Hall–Kier alpha value is -5.29. The van der Waals surface area contributed by atoms with E-state index < -0.39 is 5.91 Å². The molecule has 3 N–H and O–H groups in total. The highest BCUT2D eigenvalue weighted by Gasteiger charge is 2.16. The van der Waals surface area contributed by atoms with E-state index in [0.29, 0.717) is 22.6 Å². The number of carbonyl (C=O) groups is 1. The van der Waals surface area contributed by atoms with E-state index in [0.717, 1.165) is 27.8 Å². The fourth-order valence-corrected chi connectivity index (χ4v) is 5.26. The number of ether oxygens (including phenoxy) is 2. The van der Waals surface area contributed by atoms with Crippen molar-refractivity contribution in [3.63, 3.8) is 0 Å². The van der Waals surface area contributed by atoms with Crippen LogP contribution in [0.5, 0.6) is 11.8 Å². The zero-order chi connectivity index (χ0) is 28.0. The van der Waals surface area contributed by atoms with Crippen molar-refractivity contribution in [3.8, 4) is 34.0 Å². The van der Waals surface area contributed by atoms with E-state index in [9.17, 15) is 9.59 Å². The van der Waals surface area contributed by atoms with Crippen molar-refractivity contribution in [2.24, 2.45) is 0 Å². The molecule has 0 aliphatic carbocycles. The Morgan fingerprint density at radius 3 is 2.49 bits per heavy atom. The van der Waals surface area contributed by atoms with E-state index in [4.69, 9.17) is 9.47 Å². The van der Waals surface area contributed by atoms with E-state index >= 15 is 0 Å². The quantitative estimate of drug-likeness (QED) is 0.203. The van der Waals surface area contributed by atoms with Gasteiger partial charge in [-0.15, -0.1) is 16.4 Å². The molecule has 6 rings (SSSR count). The first-order valence-corrected chi connectivity index (χ1v) is 13.7. The number of nitrogens with one attached hydrogen (secondary N) is 3. The van der Waals surface area contributed by atoms with Crippen LogP contribution in [0.1, 0.15) is 16.2 Å². The van der Waals surface area contributed by atoms with Gasteiger partial charge in [-0.2, -0.15) is 4.98 Å². The van der Waals surface area contributed by atoms with Crippen LogP contribution in [0.3, 0.4) is 0 Å². The minimum atomic E-state index is -0.475. The summed E-state index contributed by atoms with van der Waals surface area (Å²) < 4.78 is 11.0. The zero-order valence-corrected chi connectivity index (χ0v) is 22.5. The Kier molecular flexibility index (Phi) is 7.50. The molecule has 204 valence electrons. The minimum Gasteiger partial charge on any atom is -0.490 e. The maximum atomic E-state index is 13.1. The molecule has 3 aromatic carbocycles. The standard InChI is InChI=1S/C30H24N6O4S/c37-27-25-24(22-11-9-21(10-12-22)20-6-2-1-3-7-20)17-41-29(25)35-26(34-27)28(38)31-16-19-5-4-8-23(15-19)39-13-14-40-30-32-18-33-36-30/h1-12,15,17-18H,13-14,16H2,(H,31,38)(H,32,33,36)(H,34,35,37). The number of rotatable bonds is 10. The SMILES string of the molecule is O=C(NCc1cccc(OCCOc2nc[nH]n2)c1)c1nc2scc(-c3ccc(-c4ccccc4)cc3)c2c(=O)[nH]1. The first-order chi connectivity index (χ1) is 20.1. The summed E-state index contributed by atoms with van der Waals surface area (Å²) in [5, 5.41) is 11.6. The van der Waals surface area contributed by atoms with Crippen LogP contribution in [0.4, 0.5) is 0 Å². The second-order valence-electron chi connectivity index (χ2n) is 9.00. The second-order valence-corrected chi connectivity index (χ2v) is 9.85. The number of aromatic amines is 2. The lowest BCUT2D eigenvalue weighted by Crippen LogP contribution is -2.27. The third-order valence-corrected chi connectivity index (χ3v) is 7.16. The minimum absolute atomic E-state index is 0.0353. The summed E-state index contributed by atoms with van der Waals surface area (Å²) in [6.45, 7) is 0.814. The van der Waals surface area contributed by atoms with Crippen molar-refractivity contribution in [1.29, 1.82) is 0 Å². The van der Waals surface area contributed by atoms with Crippen LogP contribution in [0.15, 0.2) is 95.4 Å². The molecule has 0 saturated carbocycles. The summed E-state index contributed by atoms with van der Waals surface area (Å²) >= 11 is 1.33. The van der Waals surface area contributed by atoms with Crippen LogP contribution in [0.25, 0.3) is 32.5 Å². The van der Waals surface area contributed by atoms with Gasteiger partial charge in [0, 0.05) is 17.5 Å². The van der Waals surface area contributed by atoms with Gasteiger partial charge in [0.25, 0.3) is 11.5 Å². The number of hydrogen-bond acceptors (Lipinski definition) is 8. The number of hydrogen-bond donors (Lipinski definition) is 3. The second kappa shape index (κ2) is 11.8. The van der Waals surface area contributed by atoms with Crippen LogP contribution in [0, 0.1) is 0 Å². The number of fused-ring (bicyclic) bond motifs is 1. The molecule has 11 heteroatoms. The maximum absolute atomic E-state index is 13.1. The van der Waals surface area contributed by atoms with Crippen molar-refractivity contribution in [1.82, 2.24) is 30.5 Å². The maximum Gasteiger partial charge on any atom is 0.335 e. The number of benzene rings is 3. The van der Waals surface area contributed by atoms with Crippen molar-refractivity contribution in [2.45, 2.75) is 6.54 Å². The zero-order valence-electron chi connectivity index (χ0n) is 21.7. The van der Waals surface area contributed by atoms with E-state index in [1.54, 1.807) is 0 Å². The number of thiophene rings is 1. The van der Waals surface area contributed by atoms with E-state index in [-0.39, 0.29) is 30.5 Å². The third kappa shape index (κ3) is 5.99. The Morgan fingerprint density at radius 1 is 0.902 bits per heavy atom. The van der Waals surface area contributed by atoms with Gasteiger partial charge in [0.2, 0.25) is 5.82 Å². The molecule has 3 aromatic heterocycles. The van der Waals surface area contributed by atoms with Crippen LogP contribution in [0.2, 0.25) is 0 Å². The molecule has 3 heterocycles. The summed E-state index contributed by atoms with van der Waals surface area (Å²) in [6.07, 6.45) is 1.43. The van der Waals surface area contributed by atoms with Gasteiger partial charge < -0.3 is 19.8 Å². The topological polar surface area (TPSA) is 135 Å². The Balaban J connectivity index is 1.10. The Labute approximate surface area is 238 Å². The molecule has 0 saturated heterocycles. The molecule has 10 nitrogen and oxygen atoms in total. The molecule has 6 aromatic rings. The fraction of sp³-hybridized carbons (Fsp3) is 0.100. The predicted octanol–water partition coefficient (Wildman–Crippen LogP) is 4.82. The van der Waals surface area contributed by atoms with Gasteiger partial charge in [-0.3, -0.25) is 14.7 Å². The monoisotopic (exact) mass is 564 g/mol. The molecule has 0 bridgehead atoms. The highest BCUT2D eigenvalue weighted by molar-refractivity contribution is 7.17. The van der Waals surface area contributed by atoms with Crippen molar-refractivity contribution in [3.05, 3.63) is 112 Å². The van der Waals surface area contributed by atoms with Crippen molar-refractivity contribution < 1.29 is 14.3 Å². The number of aromatic nitrogens is 5. The predicted molar refractivity (Wildman–Crippen MR) is 156 cm³/mol. The lowest BCUT2D eigenvalue weighted by molar-refractivity contribution is 0.0940. The van der Waals surface area contributed by atoms with Crippen LogP contribution >= 0.6 is 11.3 Å². The molecule has 0 atom stereocenters. The number of amides is 1. The summed E-state index contributed by atoms with van der Waals surface area (Å²) in [5.74, 6) is 0.121. The van der Waals surface area contributed by atoms with Gasteiger partial charge in [-0.25, -0.2) is 4.98 Å². The molecular weight excluding hydrogens is 540 g/mol. The Bertz CT molecular complexity index is 1830. The first-order valence-electron chi connectivity index (χ1n) is 12.8. The highest BCUT2D eigenvalue weighted by atomic mass is 32.1. The summed E-state index contributed by atoms with van der Waals surface area (Å²) in [6, 6.07) is 25.7. The number of H-pyrrole nitrogens is 2. The normalized spacial score (nSPS) is 10.9. The first kappa shape index (κ1) is 26.0. The molecule has 0 spiro atoms. The molecule has 0 fully saturated rings. The number of carbonyl (C=O) groups excluding carboxylic acids is 1. The molecule has 1 amide bonds. The van der Waals surface area contributed by atoms with E-state index in [1.165, 1.54) is 17.7 Å². The lowest BCUT2D eigenvalue weighted by Gasteiger charge is -2.09. The molecule has 41 heavy (non-hydrogen) atoms. The van der Waals surface area contributed by atoms with Crippen LogP contribution < -0.4 is 20.3 Å².